The van der Waals surface area contributed by atoms with Crippen LogP contribution in [0.15, 0.2) is 200 Å². The molecule has 9 aromatic rings. The van der Waals surface area contributed by atoms with Gasteiger partial charge in [-0.05, 0) is 201 Å². The predicted octanol–water partition coefficient (Wildman–Crippen LogP) is 25.6. The SMILES string of the molecule is CCCCc1ccc(-c2ccc(-c3ccc(C4CCC(C)CC4)cc3)c(F)c2)cc1.CCCc1ccc(-c2ccc(-c3ccc(C4CCC(C)CC4)cc3)c(F)c2)cc1.CCCc1ccc(-c2ccc(-c3ccc(C4CCC(C)CC4)cc3)c(F)c2)cc1. The second kappa shape index (κ2) is 31.3. The van der Waals surface area contributed by atoms with Crippen LogP contribution in [0, 0.1) is 35.2 Å². The van der Waals surface area contributed by atoms with E-state index < -0.39 is 0 Å². The van der Waals surface area contributed by atoms with Crippen LogP contribution in [-0.2, 0) is 19.3 Å². The van der Waals surface area contributed by atoms with Crippen molar-refractivity contribution in [2.45, 2.75) is 181 Å². The Hall–Kier alpha value is -7.23. The van der Waals surface area contributed by atoms with Gasteiger partial charge >= 0.3 is 0 Å². The van der Waals surface area contributed by atoms with Crippen LogP contribution in [0.1, 0.15) is 195 Å². The predicted molar refractivity (Wildman–Crippen MR) is 370 cm³/mol. The van der Waals surface area contributed by atoms with Crippen molar-refractivity contribution in [3.63, 3.8) is 0 Å². The van der Waals surface area contributed by atoms with Crippen molar-refractivity contribution in [1.29, 1.82) is 0 Å². The van der Waals surface area contributed by atoms with Crippen LogP contribution in [0.3, 0.4) is 0 Å². The highest BCUT2D eigenvalue weighted by Crippen LogP contribution is 2.40. The summed E-state index contributed by atoms with van der Waals surface area (Å²) in [4.78, 5) is 0. The van der Waals surface area contributed by atoms with Gasteiger partial charge in [-0.1, -0.05) is 281 Å². The first-order chi connectivity index (χ1) is 42.9. The van der Waals surface area contributed by atoms with Gasteiger partial charge in [-0.15, -0.1) is 0 Å². The minimum absolute atomic E-state index is 0.151. The Morgan fingerprint density at radius 2 is 0.500 bits per heavy atom. The van der Waals surface area contributed by atoms with Gasteiger partial charge in [0, 0.05) is 16.7 Å². The maximum atomic E-state index is 15.0. The number of halogens is 3. The molecule has 0 bridgehead atoms. The van der Waals surface area contributed by atoms with E-state index >= 15 is 0 Å². The number of benzene rings is 9. The summed E-state index contributed by atoms with van der Waals surface area (Å²) in [5.41, 5.74) is 19.2. The minimum Gasteiger partial charge on any atom is -0.206 e. The lowest BCUT2D eigenvalue weighted by Crippen LogP contribution is -2.10. The highest BCUT2D eigenvalue weighted by molar-refractivity contribution is 5.74. The van der Waals surface area contributed by atoms with Crippen LogP contribution in [0.2, 0.25) is 0 Å². The number of rotatable bonds is 16. The molecule has 0 heterocycles. The van der Waals surface area contributed by atoms with Gasteiger partial charge in [-0.3, -0.25) is 0 Å². The highest BCUT2D eigenvalue weighted by Gasteiger charge is 2.23. The molecule has 456 valence electrons. The third kappa shape index (κ3) is 16.9. The van der Waals surface area contributed by atoms with Crippen molar-refractivity contribution in [2.24, 2.45) is 17.8 Å². The summed E-state index contributed by atoms with van der Waals surface area (Å²) in [6.07, 6.45) is 23.6. The Balaban J connectivity index is 0.000000146. The Morgan fingerprint density at radius 3 is 0.739 bits per heavy atom. The molecule has 0 spiro atoms. The van der Waals surface area contributed by atoms with E-state index in [1.54, 1.807) is 18.2 Å². The van der Waals surface area contributed by atoms with Crippen LogP contribution in [0.5, 0.6) is 0 Å². The zero-order valence-electron chi connectivity index (χ0n) is 53.6. The van der Waals surface area contributed by atoms with Crippen molar-refractivity contribution < 1.29 is 13.2 Å². The van der Waals surface area contributed by atoms with Gasteiger partial charge in [0.2, 0.25) is 0 Å². The first kappa shape index (κ1) is 63.8. The second-order valence-corrected chi connectivity index (χ2v) is 26.5. The summed E-state index contributed by atoms with van der Waals surface area (Å²) in [6, 6.07) is 68.2. The molecule has 0 radical (unpaired) electrons. The maximum Gasteiger partial charge on any atom is 0.131 e. The molecule has 0 saturated heterocycles. The van der Waals surface area contributed by atoms with Gasteiger partial charge in [-0.25, -0.2) is 13.2 Å². The van der Waals surface area contributed by atoms with Gasteiger partial charge < -0.3 is 0 Å². The second-order valence-electron chi connectivity index (χ2n) is 26.5. The molecule has 88 heavy (non-hydrogen) atoms. The van der Waals surface area contributed by atoms with Gasteiger partial charge in [0.1, 0.15) is 17.5 Å². The van der Waals surface area contributed by atoms with E-state index in [-0.39, 0.29) is 17.5 Å². The summed E-state index contributed by atoms with van der Waals surface area (Å²) in [6.45, 7) is 13.6. The molecular formula is C85H95F3. The molecule has 0 N–H and O–H groups in total. The summed E-state index contributed by atoms with van der Waals surface area (Å²) < 4.78 is 44.8. The molecule has 12 rings (SSSR count). The zero-order valence-corrected chi connectivity index (χ0v) is 53.6. The summed E-state index contributed by atoms with van der Waals surface area (Å²) >= 11 is 0. The summed E-state index contributed by atoms with van der Waals surface area (Å²) in [5, 5.41) is 0. The molecular weight excluding hydrogens is 1080 g/mol. The molecule has 3 aliphatic carbocycles. The fourth-order valence-electron chi connectivity index (χ4n) is 13.9. The van der Waals surface area contributed by atoms with Gasteiger partial charge in [0.25, 0.3) is 0 Å². The number of hydrogen-bond donors (Lipinski definition) is 0. The average Bonchev–Trinajstić information content (AvgIpc) is 2.66. The van der Waals surface area contributed by atoms with Crippen molar-refractivity contribution in [2.75, 3.05) is 0 Å². The lowest BCUT2D eigenvalue weighted by atomic mass is 9.79. The van der Waals surface area contributed by atoms with Gasteiger partial charge in [0.05, 0.1) is 0 Å². The van der Waals surface area contributed by atoms with Crippen LogP contribution in [0.4, 0.5) is 13.2 Å². The minimum atomic E-state index is -0.153. The summed E-state index contributed by atoms with van der Waals surface area (Å²) in [5.74, 6) is 4.14. The van der Waals surface area contributed by atoms with Crippen LogP contribution >= 0.6 is 0 Å². The van der Waals surface area contributed by atoms with Crippen molar-refractivity contribution in [1.82, 2.24) is 0 Å². The van der Waals surface area contributed by atoms with E-state index in [1.165, 1.54) is 123 Å². The topological polar surface area (TPSA) is 0 Å². The molecule has 3 heteroatoms. The molecule has 0 unspecified atom stereocenters. The molecule has 3 saturated carbocycles. The summed E-state index contributed by atoms with van der Waals surface area (Å²) in [7, 11) is 0. The monoisotopic (exact) mass is 1170 g/mol. The normalized spacial score (nSPS) is 19.2. The maximum absolute atomic E-state index is 15.0. The van der Waals surface area contributed by atoms with Gasteiger partial charge in [0.15, 0.2) is 0 Å². The Kier molecular flexibility index (Phi) is 22.7. The van der Waals surface area contributed by atoms with E-state index in [0.29, 0.717) is 34.4 Å². The smallest absolute Gasteiger partial charge is 0.131 e. The van der Waals surface area contributed by atoms with E-state index in [1.807, 2.05) is 36.4 Å². The number of unbranched alkanes of at least 4 members (excludes halogenated alkanes) is 1. The largest absolute Gasteiger partial charge is 0.206 e. The first-order valence-corrected chi connectivity index (χ1v) is 33.9. The molecule has 9 aromatic carbocycles. The van der Waals surface area contributed by atoms with E-state index in [2.05, 4.69) is 187 Å². The van der Waals surface area contributed by atoms with Crippen LogP contribution < -0.4 is 0 Å². The molecule has 3 fully saturated rings. The fourth-order valence-corrected chi connectivity index (χ4v) is 13.9. The highest BCUT2D eigenvalue weighted by atomic mass is 19.1. The lowest BCUT2D eigenvalue weighted by molar-refractivity contribution is 0.348. The van der Waals surface area contributed by atoms with E-state index in [9.17, 15) is 13.2 Å². The third-order valence-corrected chi connectivity index (χ3v) is 19.8. The quantitative estimate of drug-likeness (QED) is 0.0904. The molecule has 0 aliphatic heterocycles. The number of hydrogen-bond acceptors (Lipinski definition) is 0. The van der Waals surface area contributed by atoms with Crippen molar-refractivity contribution in [3.8, 4) is 66.8 Å². The molecule has 3 aliphatic rings. The molecule has 0 nitrogen and oxygen atoms in total. The van der Waals surface area contributed by atoms with Crippen LogP contribution in [0.25, 0.3) is 66.8 Å². The van der Waals surface area contributed by atoms with Gasteiger partial charge in [-0.2, -0.15) is 0 Å². The molecule has 0 aromatic heterocycles. The third-order valence-electron chi connectivity index (χ3n) is 19.8. The van der Waals surface area contributed by atoms with E-state index in [4.69, 9.17) is 0 Å². The van der Waals surface area contributed by atoms with Crippen LogP contribution in [-0.4, -0.2) is 0 Å². The fraction of sp³-hybridized carbons (Fsp3) is 0.365. The standard InChI is InChI=1S/C29H33F.2C28H31F/c1-3-4-5-22-8-12-25(13-9-22)27-18-19-28(29(30)20-27)26-16-14-24(15-17-26)23-10-6-21(2)7-11-23;2*1-3-4-21-7-11-24(12-8-21)26-17-18-27(28(29)19-26)25-15-13-23(14-16-25)22-9-5-20(2)6-10-22/h8-9,12-21,23H,3-7,10-11H2,1-2H3;2*7-8,11-20,22H,3-6,9-10H2,1-2H3. The average molecular weight is 1170 g/mol. The Bertz CT molecular complexity index is 3410. The Labute approximate surface area is 527 Å². The molecule has 0 amide bonds. The van der Waals surface area contributed by atoms with E-state index in [0.717, 1.165) is 99.9 Å². The Morgan fingerprint density at radius 1 is 0.261 bits per heavy atom. The number of aryl methyl sites for hydroxylation is 3. The van der Waals surface area contributed by atoms with Crippen molar-refractivity contribution >= 4 is 0 Å². The van der Waals surface area contributed by atoms with Crippen molar-refractivity contribution in [3.05, 3.63) is 251 Å². The lowest BCUT2D eigenvalue weighted by Gasteiger charge is -2.26. The first-order valence-electron chi connectivity index (χ1n) is 33.9. The zero-order chi connectivity index (χ0) is 61.4. The molecule has 0 atom stereocenters.